The van der Waals surface area contributed by atoms with E-state index in [0.717, 1.165) is 22.6 Å². The van der Waals surface area contributed by atoms with Crippen molar-refractivity contribution in [3.63, 3.8) is 0 Å². The smallest absolute Gasteiger partial charge is 0.270 e. The number of benzene rings is 2. The first-order valence-electron chi connectivity index (χ1n) is 7.51. The molecule has 1 aromatic heterocycles. The van der Waals surface area contributed by atoms with E-state index in [2.05, 4.69) is 5.43 Å². The Hall–Kier alpha value is -2.75. The van der Waals surface area contributed by atoms with Gasteiger partial charge in [0.25, 0.3) is 5.92 Å². The van der Waals surface area contributed by atoms with Crippen LogP contribution in [-0.2, 0) is 5.92 Å². The van der Waals surface area contributed by atoms with Crippen molar-refractivity contribution in [1.29, 1.82) is 5.26 Å². The summed E-state index contributed by atoms with van der Waals surface area (Å²) in [6, 6.07) is 14.3. The van der Waals surface area contributed by atoms with Crippen LogP contribution < -0.4 is 11.3 Å². The molecule has 3 rings (SSSR count). The molecule has 0 aliphatic heterocycles. The van der Waals surface area contributed by atoms with Crippen LogP contribution >= 0.6 is 11.3 Å². The fraction of sp³-hybridized carbons (Fsp3) is 0.105. The van der Waals surface area contributed by atoms with E-state index in [0.29, 0.717) is 11.1 Å². The van der Waals surface area contributed by atoms with Gasteiger partial charge < -0.3 is 5.43 Å². The zero-order valence-electron chi connectivity index (χ0n) is 13.4. The third-order valence-electron chi connectivity index (χ3n) is 3.84. The largest absolute Gasteiger partial charge is 0.315 e. The Labute approximate surface area is 148 Å². The van der Waals surface area contributed by atoms with Crippen LogP contribution in [-0.4, -0.2) is 0 Å². The lowest BCUT2D eigenvalue weighted by molar-refractivity contribution is 0.0175. The van der Waals surface area contributed by atoms with Crippen molar-refractivity contribution in [3.05, 3.63) is 64.7 Å². The molecule has 3 aromatic rings. The number of hydrogen-bond acceptors (Lipinski definition) is 4. The molecule has 0 bridgehead atoms. The summed E-state index contributed by atoms with van der Waals surface area (Å²) in [7, 11) is 0. The average Bonchev–Trinajstić information content (AvgIpc) is 3.02. The molecule has 0 aliphatic rings. The van der Waals surface area contributed by atoms with Crippen molar-refractivity contribution < 1.29 is 8.78 Å². The maximum atomic E-state index is 13.9. The molecule has 0 radical (unpaired) electrons. The van der Waals surface area contributed by atoms with Crippen LogP contribution in [0, 0.1) is 11.3 Å². The van der Waals surface area contributed by atoms with Crippen molar-refractivity contribution in [1.82, 2.24) is 5.43 Å². The number of allylic oxidation sites excluding steroid dienone is 1. The molecule has 3 nitrogen and oxygen atoms in total. The number of nitrogens with zero attached hydrogens (tertiary/aromatic N) is 1. The SMILES string of the molecule is CC(F)(F)c1cc(/C=C(\C#N)NN)cc(-c2csc3ccccc23)c1. The first-order valence-corrected chi connectivity index (χ1v) is 8.39. The molecular weight excluding hydrogens is 340 g/mol. The highest BCUT2D eigenvalue weighted by Gasteiger charge is 2.25. The normalized spacial score (nSPS) is 12.2. The van der Waals surface area contributed by atoms with Crippen molar-refractivity contribution in [2.45, 2.75) is 12.8 Å². The van der Waals surface area contributed by atoms with Crippen molar-refractivity contribution in [3.8, 4) is 17.2 Å². The van der Waals surface area contributed by atoms with E-state index in [1.807, 2.05) is 35.7 Å². The lowest BCUT2D eigenvalue weighted by Crippen LogP contribution is -2.19. The van der Waals surface area contributed by atoms with Gasteiger partial charge in [0, 0.05) is 28.1 Å². The molecule has 0 saturated heterocycles. The Morgan fingerprint density at radius 1 is 1.28 bits per heavy atom. The van der Waals surface area contributed by atoms with Crippen LogP contribution in [0.15, 0.2) is 53.5 Å². The van der Waals surface area contributed by atoms with Crippen LogP contribution in [0.4, 0.5) is 8.78 Å². The van der Waals surface area contributed by atoms with Crippen molar-refractivity contribution >= 4 is 27.5 Å². The zero-order chi connectivity index (χ0) is 18.0. The van der Waals surface area contributed by atoms with Gasteiger partial charge in [-0.15, -0.1) is 11.3 Å². The fourth-order valence-corrected chi connectivity index (χ4v) is 3.59. The highest BCUT2D eigenvalue weighted by molar-refractivity contribution is 7.17. The molecule has 0 unspecified atom stereocenters. The lowest BCUT2D eigenvalue weighted by atomic mass is 9.96. The van der Waals surface area contributed by atoms with Crippen LogP contribution in [0.1, 0.15) is 18.1 Å². The van der Waals surface area contributed by atoms with Gasteiger partial charge in [0.15, 0.2) is 0 Å². The van der Waals surface area contributed by atoms with E-state index in [4.69, 9.17) is 11.1 Å². The fourth-order valence-electron chi connectivity index (χ4n) is 2.62. The Kier molecular flexibility index (Phi) is 4.53. The van der Waals surface area contributed by atoms with Gasteiger partial charge in [-0.1, -0.05) is 18.2 Å². The molecule has 0 amide bonds. The lowest BCUT2D eigenvalue weighted by Gasteiger charge is -2.14. The van der Waals surface area contributed by atoms with Crippen LogP contribution in [0.2, 0.25) is 0 Å². The van der Waals surface area contributed by atoms with Gasteiger partial charge in [-0.2, -0.15) is 5.26 Å². The van der Waals surface area contributed by atoms with E-state index in [-0.39, 0.29) is 11.3 Å². The molecule has 0 fully saturated rings. The molecule has 6 heteroatoms. The van der Waals surface area contributed by atoms with Gasteiger partial charge in [-0.25, -0.2) is 14.6 Å². The maximum Gasteiger partial charge on any atom is 0.270 e. The minimum atomic E-state index is -2.99. The minimum Gasteiger partial charge on any atom is -0.315 e. The summed E-state index contributed by atoms with van der Waals surface area (Å²) in [4.78, 5) is 0. The van der Waals surface area contributed by atoms with Crippen LogP contribution in [0.3, 0.4) is 0 Å². The highest BCUT2D eigenvalue weighted by atomic mass is 32.1. The standard InChI is InChI=1S/C19H15F2N3S/c1-19(20,21)14-7-12(8-15(10-22)24-23)6-13(9-14)17-11-25-18-5-3-2-4-16(17)18/h2-9,11,24H,23H2,1H3/b15-8+. The molecule has 3 N–H and O–H groups in total. The van der Waals surface area contributed by atoms with Gasteiger partial charge in [-0.3, -0.25) is 0 Å². The maximum absolute atomic E-state index is 13.9. The van der Waals surface area contributed by atoms with Crippen molar-refractivity contribution in [2.75, 3.05) is 0 Å². The Bertz CT molecular complexity index is 994. The topological polar surface area (TPSA) is 61.8 Å². The van der Waals surface area contributed by atoms with Gasteiger partial charge in [0.05, 0.1) is 0 Å². The second-order valence-electron chi connectivity index (χ2n) is 5.69. The predicted molar refractivity (Wildman–Crippen MR) is 97.7 cm³/mol. The molecule has 0 atom stereocenters. The number of fused-ring (bicyclic) bond motifs is 1. The number of nitrogens with two attached hydrogens (primary N) is 1. The van der Waals surface area contributed by atoms with Gasteiger partial charge in [0.1, 0.15) is 11.8 Å². The third-order valence-corrected chi connectivity index (χ3v) is 4.80. The molecular formula is C19H15F2N3S. The van der Waals surface area contributed by atoms with E-state index in [9.17, 15) is 8.78 Å². The number of nitrogens with one attached hydrogen (secondary N) is 1. The van der Waals surface area contributed by atoms with Gasteiger partial charge in [0.2, 0.25) is 0 Å². The van der Waals surface area contributed by atoms with Gasteiger partial charge in [-0.05, 0) is 46.8 Å². The van der Waals surface area contributed by atoms with Crippen molar-refractivity contribution in [2.24, 2.45) is 5.84 Å². The number of alkyl halides is 2. The third kappa shape index (κ3) is 3.53. The predicted octanol–water partition coefficient (Wildman–Crippen LogP) is 5.01. The number of hydrazine groups is 1. The molecule has 0 spiro atoms. The second-order valence-corrected chi connectivity index (χ2v) is 6.60. The van der Waals surface area contributed by atoms with E-state index in [1.165, 1.54) is 18.2 Å². The monoisotopic (exact) mass is 355 g/mol. The molecule has 126 valence electrons. The molecule has 25 heavy (non-hydrogen) atoms. The summed E-state index contributed by atoms with van der Waals surface area (Å²) in [5.41, 5.74) is 4.29. The summed E-state index contributed by atoms with van der Waals surface area (Å²) in [6.45, 7) is 0.859. The molecule has 0 saturated carbocycles. The molecule has 1 heterocycles. The summed E-state index contributed by atoms with van der Waals surface area (Å²) >= 11 is 1.56. The quantitative estimate of drug-likeness (QED) is 0.393. The van der Waals surface area contributed by atoms with E-state index in [1.54, 1.807) is 17.4 Å². The Morgan fingerprint density at radius 3 is 2.72 bits per heavy atom. The summed E-state index contributed by atoms with van der Waals surface area (Å²) in [5, 5.41) is 12.0. The summed E-state index contributed by atoms with van der Waals surface area (Å²) in [5.74, 6) is 2.28. The second kappa shape index (κ2) is 6.63. The number of rotatable bonds is 4. The molecule has 0 aliphatic carbocycles. The van der Waals surface area contributed by atoms with Crippen LogP contribution in [0.25, 0.3) is 27.3 Å². The first-order chi connectivity index (χ1) is 11.9. The number of thiophene rings is 1. The average molecular weight is 355 g/mol. The Morgan fingerprint density at radius 2 is 2.04 bits per heavy atom. The minimum absolute atomic E-state index is 0.0951. The number of nitriles is 1. The van der Waals surface area contributed by atoms with E-state index < -0.39 is 5.92 Å². The summed E-state index contributed by atoms with van der Waals surface area (Å²) < 4.78 is 29.0. The highest BCUT2D eigenvalue weighted by Crippen LogP contribution is 2.37. The number of halogens is 2. The first kappa shape index (κ1) is 17.1. The molecule has 2 aromatic carbocycles. The summed E-state index contributed by atoms with van der Waals surface area (Å²) in [6.07, 6.45) is 1.45. The zero-order valence-corrected chi connectivity index (χ0v) is 14.2. The van der Waals surface area contributed by atoms with Crippen LogP contribution in [0.5, 0.6) is 0 Å². The number of hydrogen-bond donors (Lipinski definition) is 2. The Balaban J connectivity index is 2.23. The van der Waals surface area contributed by atoms with E-state index >= 15 is 0 Å². The van der Waals surface area contributed by atoms with Gasteiger partial charge >= 0.3 is 0 Å².